The molecule has 2 N–H and O–H groups in total. The van der Waals surface area contributed by atoms with Crippen LogP contribution in [0.25, 0.3) is 0 Å². The van der Waals surface area contributed by atoms with E-state index < -0.39 is 29.0 Å². The van der Waals surface area contributed by atoms with E-state index in [-0.39, 0.29) is 17.5 Å². The maximum Gasteiger partial charge on any atom is 0.359 e. The van der Waals surface area contributed by atoms with Crippen molar-refractivity contribution >= 4 is 22.0 Å². The maximum absolute atomic E-state index is 11.5. The van der Waals surface area contributed by atoms with Crippen molar-refractivity contribution in [3.8, 4) is 0 Å². The normalized spacial score (nSPS) is 16.4. The van der Waals surface area contributed by atoms with Crippen molar-refractivity contribution in [1.29, 1.82) is 0 Å². The van der Waals surface area contributed by atoms with Crippen LogP contribution in [0.2, 0.25) is 0 Å². The predicted octanol–water partition coefficient (Wildman–Crippen LogP) is -0.341. The molecule has 1 saturated carbocycles. The summed E-state index contributed by atoms with van der Waals surface area (Å²) in [7, 11) is -3.67. The third-order valence-corrected chi connectivity index (χ3v) is 2.02. The first-order valence-corrected chi connectivity index (χ1v) is 7.49. The van der Waals surface area contributed by atoms with Gasteiger partial charge in [0.25, 0.3) is 16.0 Å². The van der Waals surface area contributed by atoms with Crippen molar-refractivity contribution in [3.63, 3.8) is 0 Å². The smallest absolute Gasteiger partial charge is 0.359 e. The topological polar surface area (TPSA) is 136 Å². The van der Waals surface area contributed by atoms with Gasteiger partial charge >= 0.3 is 5.97 Å². The second-order valence-electron chi connectivity index (χ2n) is 4.10. The predicted molar refractivity (Wildman–Crippen MR) is 71.3 cm³/mol. The Kier molecular flexibility index (Phi) is 4.27. The van der Waals surface area contributed by atoms with Gasteiger partial charge in [0.1, 0.15) is 6.10 Å². The highest BCUT2D eigenvalue weighted by atomic mass is 32.2. The Balaban J connectivity index is 0.000000505. The molecule has 0 bridgehead atoms. The van der Waals surface area contributed by atoms with Crippen molar-refractivity contribution in [3.05, 3.63) is 23.5 Å². The fraction of sp³-hybridized carbons (Fsp3) is 0.455. The number of nitrogens with one attached hydrogen (secondary N) is 1. The Morgan fingerprint density at radius 2 is 1.90 bits per heavy atom. The molecule has 1 fully saturated rings. The number of rotatable bonds is 3. The molecular weight excluding hydrogens is 302 g/mol. The summed E-state index contributed by atoms with van der Waals surface area (Å²) in [6.07, 6.45) is 2.36. The molecule has 116 valence electrons. The van der Waals surface area contributed by atoms with Crippen molar-refractivity contribution in [2.45, 2.75) is 18.9 Å². The van der Waals surface area contributed by atoms with E-state index in [0.29, 0.717) is 6.26 Å². The second-order valence-corrected chi connectivity index (χ2v) is 5.56. The van der Waals surface area contributed by atoms with Gasteiger partial charge in [-0.05, 0) is 25.0 Å². The summed E-state index contributed by atoms with van der Waals surface area (Å²) >= 11 is 0. The summed E-state index contributed by atoms with van der Waals surface area (Å²) in [5, 5.41) is 8.81. The Labute approximate surface area is 125 Å². The Hall–Kier alpha value is -2.07. The number of esters is 1. The number of ether oxygens (including phenoxy) is 1. The van der Waals surface area contributed by atoms with Crippen molar-refractivity contribution < 1.29 is 31.4 Å². The summed E-state index contributed by atoms with van der Waals surface area (Å²) in [6.45, 7) is -2.59. The monoisotopic (exact) mass is 320 g/mol. The summed E-state index contributed by atoms with van der Waals surface area (Å²) < 4.78 is 51.5. The van der Waals surface area contributed by atoms with Crippen LogP contribution in [0.1, 0.15) is 37.9 Å². The molecule has 1 aliphatic rings. The molecule has 1 aromatic heterocycles. The van der Waals surface area contributed by atoms with Crippen LogP contribution in [0.5, 0.6) is 0 Å². The van der Waals surface area contributed by atoms with Gasteiger partial charge in [-0.1, -0.05) is 0 Å². The largest absolute Gasteiger partial charge is 0.458 e. The molecule has 1 aliphatic carbocycles. The van der Waals surface area contributed by atoms with Crippen LogP contribution in [0, 0.1) is 0 Å². The molecule has 0 unspecified atom stereocenters. The minimum absolute atomic E-state index is 0.0164. The first-order chi connectivity index (χ1) is 10.8. The highest BCUT2D eigenvalue weighted by molar-refractivity contribution is 7.85. The highest BCUT2D eigenvalue weighted by Crippen LogP contribution is 2.24. The van der Waals surface area contributed by atoms with Crippen LogP contribution < -0.4 is 5.32 Å². The molecule has 0 atom stereocenters. The lowest BCUT2D eigenvalue weighted by Crippen LogP contribution is -2.20. The lowest BCUT2D eigenvalue weighted by Gasteiger charge is -2.01. The third kappa shape index (κ3) is 7.32. The van der Waals surface area contributed by atoms with Gasteiger partial charge in [-0.15, -0.1) is 10.2 Å². The summed E-state index contributed by atoms with van der Waals surface area (Å²) in [5.74, 6) is -1.48. The molecule has 0 aromatic carbocycles. The quantitative estimate of drug-likeness (QED) is 0.570. The fourth-order valence-corrected chi connectivity index (χ4v) is 1.02. The zero-order chi connectivity index (χ0) is 18.5. The summed E-state index contributed by atoms with van der Waals surface area (Å²) in [5.41, 5.74) is -0.198. The van der Waals surface area contributed by atoms with Gasteiger partial charge < -0.3 is 10.1 Å². The molecule has 21 heavy (non-hydrogen) atoms. The molecule has 0 aliphatic heterocycles. The summed E-state index contributed by atoms with van der Waals surface area (Å²) in [6, 6.07) is 2.49. The molecule has 1 heterocycles. The van der Waals surface area contributed by atoms with Crippen LogP contribution in [0.15, 0.2) is 12.1 Å². The first kappa shape index (κ1) is 12.7. The van der Waals surface area contributed by atoms with Crippen LogP contribution >= 0.6 is 0 Å². The standard InChI is InChI=1S/C10H11N3O3.CH4O3S/c1-11-9(14)7-4-5-8(13-12-7)10(15)16-6-2-3-6;1-5(2,3)4/h4-6H,2-3H2,1H3,(H,11,14);1H3,(H,2,3,4)/i1D3;. The lowest BCUT2D eigenvalue weighted by molar-refractivity contribution is 0.0463. The van der Waals surface area contributed by atoms with E-state index in [1.54, 1.807) is 5.32 Å². The van der Waals surface area contributed by atoms with Gasteiger partial charge in [0.2, 0.25) is 0 Å². The average Bonchev–Trinajstić information content (AvgIpc) is 3.19. The van der Waals surface area contributed by atoms with Crippen LogP contribution in [0.4, 0.5) is 0 Å². The van der Waals surface area contributed by atoms with E-state index >= 15 is 0 Å². The number of nitrogens with zero attached hydrogens (tertiary/aromatic N) is 2. The van der Waals surface area contributed by atoms with Gasteiger partial charge in [0.15, 0.2) is 11.4 Å². The molecule has 0 radical (unpaired) electrons. The maximum atomic E-state index is 11.5. The summed E-state index contributed by atoms with van der Waals surface area (Å²) in [4.78, 5) is 22.9. The number of carbonyl (C=O) groups excluding carboxylic acids is 2. The Bertz CT molecular complexity index is 693. The lowest BCUT2D eigenvalue weighted by atomic mass is 10.3. The van der Waals surface area contributed by atoms with Gasteiger partial charge in [0.05, 0.1) is 6.26 Å². The van der Waals surface area contributed by atoms with E-state index in [1.165, 1.54) is 12.1 Å². The number of amides is 1. The minimum Gasteiger partial charge on any atom is -0.458 e. The third-order valence-electron chi connectivity index (χ3n) is 2.02. The van der Waals surface area contributed by atoms with Crippen molar-refractivity contribution in [2.75, 3.05) is 13.2 Å². The number of aromatic nitrogens is 2. The molecule has 1 aromatic rings. The SMILES string of the molecule is CS(=O)(=O)O.[2H]C([2H])([2H])NC(=O)c1ccc(C(=O)OC2CC2)nn1. The average molecular weight is 320 g/mol. The van der Waals surface area contributed by atoms with E-state index in [4.69, 9.17) is 13.4 Å². The van der Waals surface area contributed by atoms with Crippen molar-refractivity contribution in [1.82, 2.24) is 15.5 Å². The molecule has 0 spiro atoms. The van der Waals surface area contributed by atoms with Gasteiger partial charge in [-0.2, -0.15) is 8.42 Å². The minimum atomic E-state index is -3.67. The van der Waals surface area contributed by atoms with Gasteiger partial charge in [-0.25, -0.2) is 4.79 Å². The van der Waals surface area contributed by atoms with E-state index in [9.17, 15) is 18.0 Å². The Morgan fingerprint density at radius 1 is 1.38 bits per heavy atom. The number of carbonyl (C=O) groups is 2. The number of hydrogen-bond acceptors (Lipinski definition) is 7. The molecule has 2 rings (SSSR count). The molecular formula is C11H15N3O6S. The fourth-order valence-electron chi connectivity index (χ4n) is 1.02. The zero-order valence-electron chi connectivity index (χ0n) is 13.9. The Morgan fingerprint density at radius 3 is 2.33 bits per heavy atom. The van der Waals surface area contributed by atoms with Crippen molar-refractivity contribution in [2.24, 2.45) is 0 Å². The number of hydrogen-bond donors (Lipinski definition) is 2. The van der Waals surface area contributed by atoms with Gasteiger partial charge in [0, 0.05) is 11.1 Å². The van der Waals surface area contributed by atoms with Crippen LogP contribution in [-0.2, 0) is 14.9 Å². The van der Waals surface area contributed by atoms with E-state index in [2.05, 4.69) is 10.2 Å². The van der Waals surface area contributed by atoms with E-state index in [1.807, 2.05) is 0 Å². The van der Waals surface area contributed by atoms with E-state index in [0.717, 1.165) is 12.8 Å². The van der Waals surface area contributed by atoms with Crippen LogP contribution in [-0.4, -0.2) is 54.4 Å². The van der Waals surface area contributed by atoms with Gasteiger partial charge in [-0.3, -0.25) is 9.35 Å². The highest BCUT2D eigenvalue weighted by Gasteiger charge is 2.27. The molecule has 0 saturated heterocycles. The van der Waals surface area contributed by atoms with Crippen LogP contribution in [0.3, 0.4) is 0 Å². The molecule has 10 heteroatoms. The second kappa shape index (κ2) is 7.09. The molecule has 9 nitrogen and oxygen atoms in total. The first-order valence-electron chi connectivity index (χ1n) is 7.15. The molecule has 1 amide bonds. The zero-order valence-corrected chi connectivity index (χ0v) is 11.8.